The summed E-state index contributed by atoms with van der Waals surface area (Å²) in [4.78, 5) is 36.4. The van der Waals surface area contributed by atoms with E-state index in [1.165, 1.54) is 46.4 Å². The SMILES string of the molecule is COC[C@@H]1CCCN1C(=O)c1cc2nccc(Oc3ccc4c(cc(C)n4Oc4ccc([N+](=O)[O-])cc4)c3F)c2s1. The zero-order chi connectivity index (χ0) is 28.7. The third kappa shape index (κ3) is 4.96. The molecule has 1 atom stereocenters. The van der Waals surface area contributed by atoms with Gasteiger partial charge in [-0.15, -0.1) is 11.3 Å². The summed E-state index contributed by atoms with van der Waals surface area (Å²) in [5.74, 6) is 0.121. The minimum atomic E-state index is -0.575. The number of methoxy groups -OCH3 is 1. The standard InChI is InChI=1S/C29H25FN4O6S/c1-17-14-21-23(33(17)40-20-7-5-18(6-8-20)34(36)37)9-10-24(27(21)30)39-25-11-12-31-22-15-26(41-28(22)25)29(35)32-13-3-4-19(32)16-38-2/h5-12,14-15,19H,3-4,13,16H2,1-2H3/t19-/m0/s1. The van der Waals surface area contributed by atoms with Gasteiger partial charge in [0.25, 0.3) is 11.6 Å². The third-order valence-electron chi connectivity index (χ3n) is 7.06. The van der Waals surface area contributed by atoms with E-state index >= 15 is 4.39 Å². The fourth-order valence-electron chi connectivity index (χ4n) is 5.10. The number of nitro benzene ring substituents is 1. The molecule has 0 bridgehead atoms. The highest BCUT2D eigenvalue weighted by molar-refractivity contribution is 7.21. The average Bonchev–Trinajstić information content (AvgIpc) is 3.69. The Hall–Kier alpha value is -4.55. The number of carbonyl (C=O) groups is 1. The number of non-ortho nitro benzene ring substituents is 1. The molecule has 0 radical (unpaired) electrons. The van der Waals surface area contributed by atoms with Crippen LogP contribution in [0.2, 0.25) is 0 Å². The first-order valence-electron chi connectivity index (χ1n) is 12.9. The number of amides is 1. The number of likely N-dealkylation sites (tertiary alicyclic amines) is 1. The Morgan fingerprint density at radius 1 is 1.17 bits per heavy atom. The molecule has 2 aromatic carbocycles. The number of nitro groups is 1. The summed E-state index contributed by atoms with van der Waals surface area (Å²) in [6, 6.07) is 13.9. The van der Waals surface area contributed by atoms with Crippen molar-refractivity contribution in [1.82, 2.24) is 14.6 Å². The van der Waals surface area contributed by atoms with Crippen LogP contribution >= 0.6 is 11.3 Å². The molecule has 3 aromatic heterocycles. The smallest absolute Gasteiger partial charge is 0.269 e. The van der Waals surface area contributed by atoms with Gasteiger partial charge in [-0.3, -0.25) is 19.9 Å². The lowest BCUT2D eigenvalue weighted by Crippen LogP contribution is -2.37. The molecule has 210 valence electrons. The average molecular weight is 577 g/mol. The van der Waals surface area contributed by atoms with Crippen molar-refractivity contribution in [3.63, 3.8) is 0 Å². The van der Waals surface area contributed by atoms with E-state index in [9.17, 15) is 14.9 Å². The van der Waals surface area contributed by atoms with Gasteiger partial charge >= 0.3 is 0 Å². The highest BCUT2D eigenvalue weighted by Gasteiger charge is 2.30. The molecule has 4 heterocycles. The molecule has 1 aliphatic rings. The number of aryl methyl sites for hydroxylation is 1. The summed E-state index contributed by atoms with van der Waals surface area (Å²) in [5.41, 5.74) is 1.62. The predicted molar refractivity (Wildman–Crippen MR) is 151 cm³/mol. The van der Waals surface area contributed by atoms with Crippen molar-refractivity contribution < 1.29 is 28.4 Å². The van der Waals surface area contributed by atoms with Crippen LogP contribution in [0.15, 0.2) is 60.8 Å². The molecule has 0 spiro atoms. The Bertz CT molecular complexity index is 1780. The number of hydrogen-bond donors (Lipinski definition) is 0. The molecule has 0 N–H and O–H groups in total. The van der Waals surface area contributed by atoms with Gasteiger partial charge in [0.05, 0.1) is 43.9 Å². The third-order valence-corrected chi connectivity index (χ3v) is 8.19. The minimum Gasteiger partial charge on any atom is -0.453 e. The number of benzene rings is 2. The maximum atomic E-state index is 15.7. The molecule has 1 saturated heterocycles. The van der Waals surface area contributed by atoms with Gasteiger partial charge in [0.15, 0.2) is 17.3 Å². The van der Waals surface area contributed by atoms with Gasteiger partial charge < -0.3 is 19.2 Å². The molecule has 5 aromatic rings. The van der Waals surface area contributed by atoms with Crippen molar-refractivity contribution in [2.75, 3.05) is 20.3 Å². The van der Waals surface area contributed by atoms with Crippen LogP contribution in [0.3, 0.4) is 0 Å². The molecule has 41 heavy (non-hydrogen) atoms. The van der Waals surface area contributed by atoms with E-state index in [0.29, 0.717) is 51.0 Å². The zero-order valence-corrected chi connectivity index (χ0v) is 23.0. The summed E-state index contributed by atoms with van der Waals surface area (Å²) in [6.07, 6.45) is 3.40. The Labute approximate surface area is 237 Å². The van der Waals surface area contributed by atoms with E-state index in [1.807, 2.05) is 4.90 Å². The van der Waals surface area contributed by atoms with Crippen LogP contribution < -0.4 is 9.57 Å². The van der Waals surface area contributed by atoms with Gasteiger partial charge in [-0.05, 0) is 56.2 Å². The lowest BCUT2D eigenvalue weighted by Gasteiger charge is -2.23. The first-order valence-corrected chi connectivity index (χ1v) is 13.8. The number of ether oxygens (including phenoxy) is 2. The van der Waals surface area contributed by atoms with Crippen molar-refractivity contribution in [2.24, 2.45) is 0 Å². The lowest BCUT2D eigenvalue weighted by atomic mass is 10.2. The predicted octanol–water partition coefficient (Wildman–Crippen LogP) is 6.49. The number of halogens is 1. The van der Waals surface area contributed by atoms with Crippen LogP contribution in [0.5, 0.6) is 17.2 Å². The number of nitrogens with zero attached hydrogens (tertiary/aromatic N) is 4. The van der Waals surface area contributed by atoms with Gasteiger partial charge in [-0.25, -0.2) is 4.39 Å². The van der Waals surface area contributed by atoms with Gasteiger partial charge in [0.1, 0.15) is 5.75 Å². The first-order chi connectivity index (χ1) is 19.8. The summed E-state index contributed by atoms with van der Waals surface area (Å²) in [7, 11) is 1.63. The molecule has 1 aliphatic heterocycles. The maximum absolute atomic E-state index is 15.7. The number of thiophene rings is 1. The Morgan fingerprint density at radius 3 is 2.73 bits per heavy atom. The quantitative estimate of drug-likeness (QED) is 0.153. The normalized spacial score (nSPS) is 15.1. The van der Waals surface area contributed by atoms with Crippen molar-refractivity contribution in [1.29, 1.82) is 0 Å². The monoisotopic (exact) mass is 576 g/mol. The number of pyridine rings is 1. The molecule has 1 fully saturated rings. The molecule has 1 amide bonds. The largest absolute Gasteiger partial charge is 0.453 e. The Morgan fingerprint density at radius 2 is 1.98 bits per heavy atom. The summed E-state index contributed by atoms with van der Waals surface area (Å²) >= 11 is 1.27. The number of hydrogen-bond acceptors (Lipinski definition) is 8. The van der Waals surface area contributed by atoms with Crippen LogP contribution in [0.25, 0.3) is 21.1 Å². The van der Waals surface area contributed by atoms with Crippen LogP contribution in [0.4, 0.5) is 10.1 Å². The van der Waals surface area contributed by atoms with Gasteiger partial charge in [-0.2, -0.15) is 4.73 Å². The van der Waals surface area contributed by atoms with Crippen LogP contribution in [-0.4, -0.2) is 51.7 Å². The second kappa shape index (κ2) is 10.8. The Kier molecular flexibility index (Phi) is 7.01. The van der Waals surface area contributed by atoms with Gasteiger partial charge in [0, 0.05) is 43.4 Å². The van der Waals surface area contributed by atoms with Gasteiger partial charge in [0.2, 0.25) is 0 Å². The van der Waals surface area contributed by atoms with E-state index in [4.69, 9.17) is 14.3 Å². The fraction of sp³-hybridized carbons (Fsp3) is 0.241. The molecule has 12 heteroatoms. The zero-order valence-electron chi connectivity index (χ0n) is 22.2. The van der Waals surface area contributed by atoms with Crippen molar-refractivity contribution in [3.8, 4) is 17.2 Å². The van der Waals surface area contributed by atoms with E-state index in [2.05, 4.69) is 4.98 Å². The maximum Gasteiger partial charge on any atom is 0.269 e. The number of aromatic nitrogens is 2. The highest BCUT2D eigenvalue weighted by Crippen LogP contribution is 2.38. The first kappa shape index (κ1) is 26.7. The van der Waals surface area contributed by atoms with E-state index in [1.54, 1.807) is 44.5 Å². The second-order valence-corrected chi connectivity index (χ2v) is 10.8. The van der Waals surface area contributed by atoms with Crippen molar-refractivity contribution in [2.45, 2.75) is 25.8 Å². The highest BCUT2D eigenvalue weighted by atomic mass is 32.1. The minimum absolute atomic E-state index is 0.0125. The van der Waals surface area contributed by atoms with Crippen LogP contribution in [0.1, 0.15) is 28.2 Å². The number of carbonyl (C=O) groups excluding carboxylic acids is 1. The molecule has 6 rings (SSSR count). The van der Waals surface area contributed by atoms with E-state index in [0.717, 1.165) is 12.8 Å². The van der Waals surface area contributed by atoms with Crippen molar-refractivity contribution in [3.05, 3.63) is 87.3 Å². The lowest BCUT2D eigenvalue weighted by molar-refractivity contribution is -0.384. The second-order valence-electron chi connectivity index (χ2n) is 9.72. The fourth-order valence-corrected chi connectivity index (χ4v) is 6.12. The molecule has 10 nitrogen and oxygen atoms in total. The van der Waals surface area contributed by atoms with Crippen LogP contribution in [-0.2, 0) is 4.74 Å². The van der Waals surface area contributed by atoms with E-state index in [-0.39, 0.29) is 28.8 Å². The number of rotatable bonds is 8. The Balaban J connectivity index is 1.28. The van der Waals surface area contributed by atoms with E-state index < -0.39 is 10.7 Å². The molecule has 0 saturated carbocycles. The summed E-state index contributed by atoms with van der Waals surface area (Å²) in [5, 5.41) is 11.2. The molecular formula is C29H25FN4O6S. The van der Waals surface area contributed by atoms with Gasteiger partial charge in [-0.1, -0.05) is 0 Å². The number of fused-ring (bicyclic) bond motifs is 2. The van der Waals surface area contributed by atoms with Crippen LogP contribution in [0, 0.1) is 22.9 Å². The molecule has 0 aliphatic carbocycles. The summed E-state index contributed by atoms with van der Waals surface area (Å²) < 4.78 is 29.2. The topological polar surface area (TPSA) is 109 Å². The van der Waals surface area contributed by atoms with Crippen molar-refractivity contribution >= 4 is 44.1 Å². The summed E-state index contributed by atoms with van der Waals surface area (Å²) in [6.45, 7) is 2.93. The molecular weight excluding hydrogens is 551 g/mol. The molecule has 0 unspecified atom stereocenters.